The summed E-state index contributed by atoms with van der Waals surface area (Å²) in [6, 6.07) is 0.444. The van der Waals surface area contributed by atoms with Gasteiger partial charge in [-0.05, 0) is 13.3 Å². The monoisotopic (exact) mass is 182 g/mol. The van der Waals surface area contributed by atoms with Gasteiger partial charge in [0, 0.05) is 32.6 Å². The molecule has 1 saturated heterocycles. The maximum atomic E-state index is 11.2. The third-order valence-corrected chi connectivity index (χ3v) is 2.32. The van der Waals surface area contributed by atoms with Crippen molar-refractivity contribution in [2.45, 2.75) is 25.8 Å². The predicted molar refractivity (Wildman–Crippen MR) is 53.5 cm³/mol. The number of likely N-dealkylation sites (tertiary alicyclic amines) is 1. The molecule has 74 valence electrons. The number of nitrogens with zero attached hydrogens (tertiary/aromatic N) is 1. The van der Waals surface area contributed by atoms with E-state index >= 15 is 0 Å². The summed E-state index contributed by atoms with van der Waals surface area (Å²) >= 11 is 0. The summed E-state index contributed by atoms with van der Waals surface area (Å²) in [6.45, 7) is 7.51. The molecule has 1 aliphatic heterocycles. The van der Waals surface area contributed by atoms with Gasteiger partial charge in [-0.1, -0.05) is 12.2 Å². The molecule has 1 atom stereocenters. The normalized spacial score (nSPS) is 23.4. The summed E-state index contributed by atoms with van der Waals surface area (Å²) in [5, 5.41) is 3.38. The standard InChI is InChI=1S/C10H18N2O/c1-8(2)6-11-9-4-5-10(13)12(3)7-9/h9,11H,1,4-7H2,2-3H3. The van der Waals surface area contributed by atoms with Crippen molar-refractivity contribution in [3.63, 3.8) is 0 Å². The van der Waals surface area contributed by atoms with E-state index in [1.807, 2.05) is 14.0 Å². The fourth-order valence-electron chi connectivity index (χ4n) is 1.50. The number of hydrogen-bond acceptors (Lipinski definition) is 2. The lowest BCUT2D eigenvalue weighted by Gasteiger charge is -2.30. The van der Waals surface area contributed by atoms with Crippen molar-refractivity contribution >= 4 is 5.91 Å². The quantitative estimate of drug-likeness (QED) is 0.654. The number of likely N-dealkylation sites (N-methyl/N-ethyl adjacent to an activating group) is 1. The highest BCUT2D eigenvalue weighted by atomic mass is 16.2. The lowest BCUT2D eigenvalue weighted by atomic mass is 10.1. The molecule has 1 N–H and O–H groups in total. The number of rotatable bonds is 3. The van der Waals surface area contributed by atoms with Crippen LogP contribution < -0.4 is 5.32 Å². The van der Waals surface area contributed by atoms with Gasteiger partial charge in [0.2, 0.25) is 5.91 Å². The van der Waals surface area contributed by atoms with Crippen molar-refractivity contribution in [2.75, 3.05) is 20.1 Å². The molecular formula is C10H18N2O. The summed E-state index contributed by atoms with van der Waals surface area (Å²) in [7, 11) is 1.86. The minimum Gasteiger partial charge on any atom is -0.344 e. The van der Waals surface area contributed by atoms with Crippen LogP contribution in [0.25, 0.3) is 0 Å². The smallest absolute Gasteiger partial charge is 0.222 e. The summed E-state index contributed by atoms with van der Waals surface area (Å²) < 4.78 is 0. The second-order valence-electron chi connectivity index (χ2n) is 3.85. The average Bonchev–Trinajstić information content (AvgIpc) is 2.07. The Labute approximate surface area is 79.8 Å². The Kier molecular flexibility index (Phi) is 3.48. The summed E-state index contributed by atoms with van der Waals surface area (Å²) in [4.78, 5) is 12.9. The number of carbonyl (C=O) groups excluding carboxylic acids is 1. The largest absolute Gasteiger partial charge is 0.344 e. The Morgan fingerprint density at radius 1 is 1.77 bits per heavy atom. The molecule has 1 fully saturated rings. The maximum Gasteiger partial charge on any atom is 0.222 e. The lowest BCUT2D eigenvalue weighted by Crippen LogP contribution is -2.46. The zero-order valence-corrected chi connectivity index (χ0v) is 8.47. The number of amides is 1. The van der Waals surface area contributed by atoms with Crippen LogP contribution in [0.3, 0.4) is 0 Å². The minimum atomic E-state index is 0.258. The predicted octanol–water partition coefficient (Wildman–Crippen LogP) is 0.773. The van der Waals surface area contributed by atoms with Crippen molar-refractivity contribution in [3.8, 4) is 0 Å². The molecule has 1 rings (SSSR count). The van der Waals surface area contributed by atoms with Gasteiger partial charge < -0.3 is 10.2 Å². The number of piperidine rings is 1. The first-order valence-electron chi connectivity index (χ1n) is 4.71. The molecule has 0 spiro atoms. The van der Waals surface area contributed by atoms with E-state index in [4.69, 9.17) is 0 Å². The molecule has 0 aliphatic carbocycles. The van der Waals surface area contributed by atoms with Crippen LogP contribution >= 0.6 is 0 Å². The van der Waals surface area contributed by atoms with Gasteiger partial charge in [-0.2, -0.15) is 0 Å². The Bertz CT molecular complexity index is 213. The van der Waals surface area contributed by atoms with Crippen LogP contribution in [0.5, 0.6) is 0 Å². The Morgan fingerprint density at radius 2 is 2.46 bits per heavy atom. The van der Waals surface area contributed by atoms with Gasteiger partial charge in [0.05, 0.1) is 0 Å². The second-order valence-corrected chi connectivity index (χ2v) is 3.85. The van der Waals surface area contributed by atoms with E-state index < -0.39 is 0 Å². The highest BCUT2D eigenvalue weighted by Crippen LogP contribution is 2.09. The summed E-state index contributed by atoms with van der Waals surface area (Å²) in [5.74, 6) is 0.258. The first-order chi connectivity index (χ1) is 6.09. The highest BCUT2D eigenvalue weighted by molar-refractivity contribution is 5.76. The SMILES string of the molecule is C=C(C)CNC1CCC(=O)N(C)C1. The zero-order chi connectivity index (χ0) is 9.84. The van der Waals surface area contributed by atoms with E-state index in [1.165, 1.54) is 0 Å². The molecule has 3 nitrogen and oxygen atoms in total. The molecule has 1 aliphatic rings. The van der Waals surface area contributed by atoms with Crippen LogP contribution in [0, 0.1) is 0 Å². The van der Waals surface area contributed by atoms with Crippen LogP contribution in [0.4, 0.5) is 0 Å². The molecule has 13 heavy (non-hydrogen) atoms. The average molecular weight is 182 g/mol. The molecule has 1 heterocycles. The van der Waals surface area contributed by atoms with Crippen LogP contribution in [0.1, 0.15) is 19.8 Å². The highest BCUT2D eigenvalue weighted by Gasteiger charge is 2.21. The zero-order valence-electron chi connectivity index (χ0n) is 8.47. The van der Waals surface area contributed by atoms with E-state index in [0.29, 0.717) is 12.5 Å². The van der Waals surface area contributed by atoms with Gasteiger partial charge in [0.1, 0.15) is 0 Å². The molecular weight excluding hydrogens is 164 g/mol. The molecule has 1 amide bonds. The molecule has 0 aromatic heterocycles. The molecule has 0 aromatic rings. The second kappa shape index (κ2) is 4.42. The Morgan fingerprint density at radius 3 is 3.00 bits per heavy atom. The van der Waals surface area contributed by atoms with E-state index in [9.17, 15) is 4.79 Å². The van der Waals surface area contributed by atoms with E-state index in [-0.39, 0.29) is 5.91 Å². The number of carbonyl (C=O) groups is 1. The third-order valence-electron chi connectivity index (χ3n) is 2.32. The van der Waals surface area contributed by atoms with Crippen LogP contribution in [-0.4, -0.2) is 37.0 Å². The van der Waals surface area contributed by atoms with Crippen LogP contribution in [0.2, 0.25) is 0 Å². The Balaban J connectivity index is 2.29. The third kappa shape index (κ3) is 3.19. The minimum absolute atomic E-state index is 0.258. The molecule has 0 aromatic carbocycles. The van der Waals surface area contributed by atoms with Gasteiger partial charge >= 0.3 is 0 Å². The van der Waals surface area contributed by atoms with Crippen molar-refractivity contribution in [1.82, 2.24) is 10.2 Å². The van der Waals surface area contributed by atoms with Gasteiger partial charge in [-0.15, -0.1) is 0 Å². The van der Waals surface area contributed by atoms with Crippen molar-refractivity contribution in [2.24, 2.45) is 0 Å². The first-order valence-corrected chi connectivity index (χ1v) is 4.71. The molecule has 0 bridgehead atoms. The van der Waals surface area contributed by atoms with Gasteiger partial charge in [-0.3, -0.25) is 4.79 Å². The van der Waals surface area contributed by atoms with Gasteiger partial charge in [0.25, 0.3) is 0 Å². The molecule has 0 saturated carbocycles. The Hall–Kier alpha value is -0.830. The lowest BCUT2D eigenvalue weighted by molar-refractivity contribution is -0.132. The van der Waals surface area contributed by atoms with Crippen LogP contribution in [-0.2, 0) is 4.79 Å². The maximum absolute atomic E-state index is 11.2. The van der Waals surface area contributed by atoms with Gasteiger partial charge in [-0.25, -0.2) is 0 Å². The van der Waals surface area contributed by atoms with E-state index in [0.717, 1.165) is 25.1 Å². The fraction of sp³-hybridized carbons (Fsp3) is 0.700. The van der Waals surface area contributed by atoms with E-state index in [1.54, 1.807) is 4.90 Å². The van der Waals surface area contributed by atoms with Crippen molar-refractivity contribution in [1.29, 1.82) is 0 Å². The first kappa shape index (κ1) is 10.3. The van der Waals surface area contributed by atoms with Crippen molar-refractivity contribution in [3.05, 3.63) is 12.2 Å². The summed E-state index contributed by atoms with van der Waals surface area (Å²) in [5.41, 5.74) is 1.14. The fourth-order valence-corrected chi connectivity index (χ4v) is 1.50. The van der Waals surface area contributed by atoms with E-state index in [2.05, 4.69) is 11.9 Å². The molecule has 0 radical (unpaired) electrons. The molecule has 3 heteroatoms. The number of hydrogen-bond donors (Lipinski definition) is 1. The van der Waals surface area contributed by atoms with Crippen LogP contribution in [0.15, 0.2) is 12.2 Å². The van der Waals surface area contributed by atoms with Crippen molar-refractivity contribution < 1.29 is 4.79 Å². The molecule has 1 unspecified atom stereocenters. The summed E-state index contributed by atoms with van der Waals surface area (Å²) in [6.07, 6.45) is 1.63. The van der Waals surface area contributed by atoms with Gasteiger partial charge in [0.15, 0.2) is 0 Å². The number of nitrogens with one attached hydrogen (secondary N) is 1. The topological polar surface area (TPSA) is 32.3 Å².